The number of aromatic nitrogens is 1. The molecular weight excluding hydrogens is 266 g/mol. The first-order valence-electron chi connectivity index (χ1n) is 5.39. The Morgan fingerprint density at radius 1 is 1.28 bits per heavy atom. The highest BCUT2D eigenvalue weighted by Gasteiger charge is 2.02. The lowest BCUT2D eigenvalue weighted by Gasteiger charge is -2.12. The number of hydrogen-bond donors (Lipinski definition) is 2. The highest BCUT2D eigenvalue weighted by atomic mass is 35.5. The maximum absolute atomic E-state index is 5.95. The number of hydrogen-bond acceptors (Lipinski definition) is 2. The third-order valence-corrected chi connectivity index (χ3v) is 2.81. The quantitative estimate of drug-likeness (QED) is 0.818. The van der Waals surface area contributed by atoms with E-state index in [1.54, 1.807) is 12.4 Å². The summed E-state index contributed by atoms with van der Waals surface area (Å²) in [6.07, 6.45) is 3.42. The molecule has 0 atom stereocenters. The molecule has 2 rings (SSSR count). The van der Waals surface area contributed by atoms with Crippen molar-refractivity contribution in [3.63, 3.8) is 0 Å². The molecule has 0 aliphatic rings. The van der Waals surface area contributed by atoms with Crippen molar-refractivity contribution in [2.45, 2.75) is 6.92 Å². The standard InChI is InChI=1S/C13H12ClN3S/c1-9-4-5-10(14)7-12(9)17-13(18)16-11-3-2-6-15-8-11/h2-8H,1H3,(H2,16,17,18). The third kappa shape index (κ3) is 3.42. The Kier molecular flexibility index (Phi) is 4.12. The van der Waals surface area contributed by atoms with Gasteiger partial charge in [0, 0.05) is 16.9 Å². The minimum Gasteiger partial charge on any atom is -0.332 e. The predicted molar refractivity (Wildman–Crippen MR) is 80.3 cm³/mol. The molecule has 0 saturated heterocycles. The fourth-order valence-electron chi connectivity index (χ4n) is 1.45. The van der Waals surface area contributed by atoms with Crippen LogP contribution in [0.3, 0.4) is 0 Å². The van der Waals surface area contributed by atoms with Crippen molar-refractivity contribution in [1.29, 1.82) is 0 Å². The number of nitrogens with zero attached hydrogens (tertiary/aromatic N) is 1. The normalized spacial score (nSPS) is 9.89. The maximum Gasteiger partial charge on any atom is 0.175 e. The van der Waals surface area contributed by atoms with E-state index < -0.39 is 0 Å². The number of pyridine rings is 1. The van der Waals surface area contributed by atoms with Crippen LogP contribution in [0.25, 0.3) is 0 Å². The number of aryl methyl sites for hydroxylation is 1. The van der Waals surface area contributed by atoms with E-state index >= 15 is 0 Å². The first-order valence-corrected chi connectivity index (χ1v) is 6.18. The molecule has 0 amide bonds. The van der Waals surface area contributed by atoms with Gasteiger partial charge in [-0.25, -0.2) is 0 Å². The van der Waals surface area contributed by atoms with Crippen LogP contribution in [0, 0.1) is 6.92 Å². The van der Waals surface area contributed by atoms with Gasteiger partial charge >= 0.3 is 0 Å². The fraction of sp³-hybridized carbons (Fsp3) is 0.0769. The van der Waals surface area contributed by atoms with E-state index in [4.69, 9.17) is 23.8 Å². The van der Waals surface area contributed by atoms with Crippen molar-refractivity contribution in [2.24, 2.45) is 0 Å². The maximum atomic E-state index is 5.95. The summed E-state index contributed by atoms with van der Waals surface area (Å²) in [4.78, 5) is 4.01. The van der Waals surface area contributed by atoms with Crippen molar-refractivity contribution in [1.82, 2.24) is 4.98 Å². The molecule has 0 saturated carbocycles. The van der Waals surface area contributed by atoms with E-state index in [-0.39, 0.29) is 0 Å². The molecule has 0 radical (unpaired) electrons. The molecule has 92 valence electrons. The lowest BCUT2D eigenvalue weighted by atomic mass is 10.2. The second kappa shape index (κ2) is 5.80. The molecular formula is C13H12ClN3S. The van der Waals surface area contributed by atoms with Crippen molar-refractivity contribution in [3.8, 4) is 0 Å². The Labute approximate surface area is 116 Å². The average Bonchev–Trinajstić information content (AvgIpc) is 2.35. The molecule has 1 heterocycles. The Hall–Kier alpha value is -1.65. The first kappa shape index (κ1) is 12.8. The zero-order valence-electron chi connectivity index (χ0n) is 9.77. The van der Waals surface area contributed by atoms with Crippen molar-refractivity contribution < 1.29 is 0 Å². The van der Waals surface area contributed by atoms with Gasteiger partial charge in [0.2, 0.25) is 0 Å². The van der Waals surface area contributed by atoms with E-state index in [1.165, 1.54) is 0 Å². The van der Waals surface area contributed by atoms with Crippen LogP contribution in [0.4, 0.5) is 11.4 Å². The summed E-state index contributed by atoms with van der Waals surface area (Å²) in [5.74, 6) is 0. The molecule has 0 aliphatic heterocycles. The van der Waals surface area contributed by atoms with Crippen molar-refractivity contribution in [3.05, 3.63) is 53.3 Å². The van der Waals surface area contributed by atoms with Crippen LogP contribution in [0.5, 0.6) is 0 Å². The summed E-state index contributed by atoms with van der Waals surface area (Å²) < 4.78 is 0. The molecule has 0 spiro atoms. The molecule has 0 fully saturated rings. The Morgan fingerprint density at radius 2 is 2.11 bits per heavy atom. The molecule has 1 aromatic carbocycles. The van der Waals surface area contributed by atoms with Gasteiger partial charge in [0.25, 0.3) is 0 Å². The van der Waals surface area contributed by atoms with E-state index in [9.17, 15) is 0 Å². The summed E-state index contributed by atoms with van der Waals surface area (Å²) in [5.41, 5.74) is 2.81. The smallest absolute Gasteiger partial charge is 0.175 e. The number of benzene rings is 1. The zero-order valence-corrected chi connectivity index (χ0v) is 11.3. The molecule has 2 aromatic rings. The van der Waals surface area contributed by atoms with Gasteiger partial charge in [0.1, 0.15) is 0 Å². The number of halogens is 1. The molecule has 2 N–H and O–H groups in total. The lowest BCUT2D eigenvalue weighted by molar-refractivity contribution is 1.33. The van der Waals surface area contributed by atoms with Gasteiger partial charge in [0.05, 0.1) is 11.9 Å². The minimum atomic E-state index is 0.508. The van der Waals surface area contributed by atoms with E-state index in [0.29, 0.717) is 10.1 Å². The fourth-order valence-corrected chi connectivity index (χ4v) is 1.85. The largest absolute Gasteiger partial charge is 0.332 e. The molecule has 18 heavy (non-hydrogen) atoms. The first-order chi connectivity index (χ1) is 8.65. The van der Waals surface area contributed by atoms with Gasteiger partial charge in [-0.3, -0.25) is 4.98 Å². The average molecular weight is 278 g/mol. The molecule has 0 unspecified atom stereocenters. The number of rotatable bonds is 2. The van der Waals surface area contributed by atoms with Gasteiger partial charge < -0.3 is 10.6 Å². The molecule has 3 nitrogen and oxygen atoms in total. The lowest BCUT2D eigenvalue weighted by Crippen LogP contribution is -2.19. The van der Waals surface area contributed by atoms with Gasteiger partial charge in [-0.1, -0.05) is 17.7 Å². The predicted octanol–water partition coefficient (Wildman–Crippen LogP) is 3.85. The summed E-state index contributed by atoms with van der Waals surface area (Å²) in [6, 6.07) is 9.37. The van der Waals surface area contributed by atoms with Gasteiger partial charge in [-0.05, 0) is 49.0 Å². The van der Waals surface area contributed by atoms with Crippen LogP contribution >= 0.6 is 23.8 Å². The summed E-state index contributed by atoms with van der Waals surface area (Å²) in [7, 11) is 0. The number of nitrogens with one attached hydrogen (secondary N) is 2. The van der Waals surface area contributed by atoms with Crippen LogP contribution in [0.1, 0.15) is 5.56 Å². The topological polar surface area (TPSA) is 37.0 Å². The van der Waals surface area contributed by atoms with Crippen molar-refractivity contribution in [2.75, 3.05) is 10.6 Å². The third-order valence-electron chi connectivity index (χ3n) is 2.37. The van der Waals surface area contributed by atoms with E-state index in [2.05, 4.69) is 15.6 Å². The van der Waals surface area contributed by atoms with Crippen LogP contribution in [0.15, 0.2) is 42.7 Å². The van der Waals surface area contributed by atoms with Gasteiger partial charge in [-0.15, -0.1) is 0 Å². The monoisotopic (exact) mass is 277 g/mol. The number of thiocarbonyl (C=S) groups is 1. The van der Waals surface area contributed by atoms with Gasteiger partial charge in [-0.2, -0.15) is 0 Å². The Balaban J connectivity index is 2.05. The molecule has 1 aromatic heterocycles. The highest BCUT2D eigenvalue weighted by Crippen LogP contribution is 2.20. The van der Waals surface area contributed by atoms with Crippen LogP contribution < -0.4 is 10.6 Å². The van der Waals surface area contributed by atoms with Crippen LogP contribution in [-0.4, -0.2) is 10.1 Å². The van der Waals surface area contributed by atoms with E-state index in [0.717, 1.165) is 16.9 Å². The molecule has 0 bridgehead atoms. The SMILES string of the molecule is Cc1ccc(Cl)cc1NC(=S)Nc1cccnc1. The van der Waals surface area contributed by atoms with Crippen LogP contribution in [0.2, 0.25) is 5.02 Å². The summed E-state index contributed by atoms with van der Waals surface area (Å²) in [6.45, 7) is 1.99. The minimum absolute atomic E-state index is 0.508. The summed E-state index contributed by atoms with van der Waals surface area (Å²) >= 11 is 11.2. The molecule has 5 heteroatoms. The van der Waals surface area contributed by atoms with Crippen LogP contribution in [-0.2, 0) is 0 Å². The molecule has 0 aliphatic carbocycles. The highest BCUT2D eigenvalue weighted by molar-refractivity contribution is 7.80. The summed E-state index contributed by atoms with van der Waals surface area (Å²) in [5, 5.41) is 7.34. The van der Waals surface area contributed by atoms with Gasteiger partial charge in [0.15, 0.2) is 5.11 Å². The second-order valence-electron chi connectivity index (χ2n) is 3.78. The zero-order chi connectivity index (χ0) is 13.0. The van der Waals surface area contributed by atoms with Crippen molar-refractivity contribution >= 4 is 40.3 Å². The van der Waals surface area contributed by atoms with E-state index in [1.807, 2.05) is 37.3 Å². The second-order valence-corrected chi connectivity index (χ2v) is 4.62. The number of anilines is 2. The Morgan fingerprint density at radius 3 is 2.83 bits per heavy atom. The Bertz CT molecular complexity index is 557.